The molecular formula is C18H17FO4. The Kier molecular flexibility index (Phi) is 5.74. The Bertz CT molecular complexity index is 680. The fraction of sp³-hybridized carbons (Fsp3) is 0.167. The van der Waals surface area contributed by atoms with Crippen LogP contribution in [-0.2, 0) is 9.53 Å². The van der Waals surface area contributed by atoms with Crippen molar-refractivity contribution in [2.45, 2.75) is 6.42 Å². The molecule has 2 rings (SSSR count). The van der Waals surface area contributed by atoms with Crippen LogP contribution in [0.25, 0.3) is 11.1 Å². The Labute approximate surface area is 133 Å². The van der Waals surface area contributed by atoms with E-state index in [0.717, 1.165) is 12.1 Å². The van der Waals surface area contributed by atoms with Crippen molar-refractivity contribution in [1.82, 2.24) is 0 Å². The highest BCUT2D eigenvalue weighted by Gasteiger charge is 2.06. The van der Waals surface area contributed by atoms with Crippen LogP contribution in [-0.4, -0.2) is 24.3 Å². The number of phenolic OH excluding ortho intramolecular Hbond substituents is 1. The van der Waals surface area contributed by atoms with Gasteiger partial charge in [-0.15, -0.1) is 0 Å². The first-order valence-electron chi connectivity index (χ1n) is 7.11. The van der Waals surface area contributed by atoms with E-state index in [4.69, 9.17) is 9.47 Å². The predicted octanol–water partition coefficient (Wildman–Crippen LogP) is 3.70. The summed E-state index contributed by atoms with van der Waals surface area (Å²) in [5, 5.41) is 9.22. The number of ether oxygens (including phenoxy) is 2. The average molecular weight is 316 g/mol. The van der Waals surface area contributed by atoms with Gasteiger partial charge in [-0.3, -0.25) is 0 Å². The molecule has 0 atom stereocenters. The Hall–Kier alpha value is -2.82. The van der Waals surface area contributed by atoms with E-state index in [0.29, 0.717) is 29.9 Å². The number of esters is 1. The minimum Gasteiger partial charge on any atom is -0.508 e. The van der Waals surface area contributed by atoms with E-state index < -0.39 is 11.8 Å². The first-order chi connectivity index (χ1) is 11.1. The molecular weight excluding hydrogens is 299 g/mol. The normalized spacial score (nSPS) is 10.1. The van der Waals surface area contributed by atoms with E-state index >= 15 is 0 Å². The molecule has 1 N–H and O–H groups in total. The van der Waals surface area contributed by atoms with Gasteiger partial charge in [0, 0.05) is 24.1 Å². The molecule has 120 valence electrons. The van der Waals surface area contributed by atoms with Crippen molar-refractivity contribution in [3.8, 4) is 22.6 Å². The lowest BCUT2D eigenvalue weighted by Crippen LogP contribution is -2.06. The fourth-order valence-electron chi connectivity index (χ4n) is 1.95. The molecule has 0 radical (unpaired) electrons. The third kappa shape index (κ3) is 4.85. The van der Waals surface area contributed by atoms with Gasteiger partial charge in [0.25, 0.3) is 0 Å². The van der Waals surface area contributed by atoms with Crippen LogP contribution in [0.1, 0.15) is 6.42 Å². The number of aromatic hydroxyl groups is 1. The van der Waals surface area contributed by atoms with E-state index in [-0.39, 0.29) is 12.4 Å². The minimum atomic E-state index is -0.484. The van der Waals surface area contributed by atoms with Gasteiger partial charge in [0.15, 0.2) is 0 Å². The third-order valence-electron chi connectivity index (χ3n) is 3.09. The second kappa shape index (κ2) is 7.98. The van der Waals surface area contributed by atoms with Crippen LogP contribution in [0.15, 0.2) is 55.1 Å². The maximum Gasteiger partial charge on any atom is 0.330 e. The zero-order valence-electron chi connectivity index (χ0n) is 12.5. The highest BCUT2D eigenvalue weighted by atomic mass is 19.1. The van der Waals surface area contributed by atoms with E-state index in [1.807, 2.05) is 0 Å². The highest BCUT2D eigenvalue weighted by Crippen LogP contribution is 2.27. The lowest BCUT2D eigenvalue weighted by molar-refractivity contribution is -0.137. The summed E-state index contributed by atoms with van der Waals surface area (Å²) >= 11 is 0. The number of carbonyl (C=O) groups excluding carboxylic acids is 1. The highest BCUT2D eigenvalue weighted by molar-refractivity contribution is 5.81. The maximum atomic E-state index is 13.8. The molecule has 0 aliphatic heterocycles. The summed E-state index contributed by atoms with van der Waals surface area (Å²) in [4.78, 5) is 10.8. The smallest absolute Gasteiger partial charge is 0.330 e. The standard InChI is InChI=1S/C18H17FO4/c1-2-18(21)23-11-3-10-22-15-7-4-13(5-8-15)16-9-6-14(20)12-17(16)19/h2,4-9,12,20H,1,3,10-11H2. The van der Waals surface area contributed by atoms with Crippen molar-refractivity contribution >= 4 is 5.97 Å². The Morgan fingerprint density at radius 3 is 2.57 bits per heavy atom. The van der Waals surface area contributed by atoms with Crippen molar-refractivity contribution in [3.05, 3.63) is 60.9 Å². The molecule has 0 heterocycles. The number of hydrogen-bond acceptors (Lipinski definition) is 4. The van der Waals surface area contributed by atoms with Gasteiger partial charge in [0.2, 0.25) is 0 Å². The molecule has 0 aromatic heterocycles. The van der Waals surface area contributed by atoms with E-state index in [9.17, 15) is 14.3 Å². The van der Waals surface area contributed by atoms with Crippen LogP contribution in [0.4, 0.5) is 4.39 Å². The monoisotopic (exact) mass is 316 g/mol. The van der Waals surface area contributed by atoms with Crippen molar-refractivity contribution in [2.24, 2.45) is 0 Å². The second-order valence-electron chi connectivity index (χ2n) is 4.76. The van der Waals surface area contributed by atoms with Crippen LogP contribution in [0.3, 0.4) is 0 Å². The fourth-order valence-corrected chi connectivity index (χ4v) is 1.95. The number of rotatable bonds is 7. The van der Waals surface area contributed by atoms with Crippen LogP contribution in [0.2, 0.25) is 0 Å². The summed E-state index contributed by atoms with van der Waals surface area (Å²) in [5.74, 6) is -0.403. The molecule has 23 heavy (non-hydrogen) atoms. The summed E-state index contributed by atoms with van der Waals surface area (Å²) in [6.45, 7) is 3.97. The molecule has 5 heteroatoms. The van der Waals surface area contributed by atoms with Gasteiger partial charge < -0.3 is 14.6 Å². The molecule has 0 bridgehead atoms. The number of phenols is 1. The van der Waals surface area contributed by atoms with Crippen molar-refractivity contribution in [3.63, 3.8) is 0 Å². The lowest BCUT2D eigenvalue weighted by atomic mass is 10.0. The van der Waals surface area contributed by atoms with E-state index in [1.54, 1.807) is 24.3 Å². The van der Waals surface area contributed by atoms with Crippen LogP contribution >= 0.6 is 0 Å². The molecule has 0 fully saturated rings. The van der Waals surface area contributed by atoms with Gasteiger partial charge in [-0.2, -0.15) is 0 Å². The van der Waals surface area contributed by atoms with Crippen LogP contribution in [0, 0.1) is 5.82 Å². The van der Waals surface area contributed by atoms with Gasteiger partial charge in [-0.05, 0) is 29.8 Å². The number of hydrogen-bond donors (Lipinski definition) is 1. The Balaban J connectivity index is 1.87. The maximum absolute atomic E-state index is 13.8. The largest absolute Gasteiger partial charge is 0.508 e. The molecule has 2 aromatic carbocycles. The van der Waals surface area contributed by atoms with Gasteiger partial charge >= 0.3 is 5.97 Å². The van der Waals surface area contributed by atoms with Crippen molar-refractivity contribution in [1.29, 1.82) is 0 Å². The van der Waals surface area contributed by atoms with Gasteiger partial charge in [0.1, 0.15) is 17.3 Å². The van der Waals surface area contributed by atoms with Gasteiger partial charge in [-0.1, -0.05) is 18.7 Å². The second-order valence-corrected chi connectivity index (χ2v) is 4.76. The first kappa shape index (κ1) is 16.5. The lowest BCUT2D eigenvalue weighted by Gasteiger charge is -2.08. The van der Waals surface area contributed by atoms with Gasteiger partial charge in [-0.25, -0.2) is 9.18 Å². The van der Waals surface area contributed by atoms with Crippen LogP contribution in [0.5, 0.6) is 11.5 Å². The minimum absolute atomic E-state index is 0.108. The van der Waals surface area contributed by atoms with Gasteiger partial charge in [0.05, 0.1) is 13.2 Å². The summed E-state index contributed by atoms with van der Waals surface area (Å²) in [7, 11) is 0. The van der Waals surface area contributed by atoms with Crippen molar-refractivity contribution in [2.75, 3.05) is 13.2 Å². The molecule has 0 spiro atoms. The average Bonchev–Trinajstić information content (AvgIpc) is 2.55. The van der Waals surface area contributed by atoms with Crippen molar-refractivity contribution < 1.29 is 23.8 Å². The quantitative estimate of drug-likeness (QED) is 0.481. The predicted molar refractivity (Wildman–Crippen MR) is 84.8 cm³/mol. The molecule has 4 nitrogen and oxygen atoms in total. The molecule has 0 unspecified atom stereocenters. The zero-order valence-corrected chi connectivity index (χ0v) is 12.5. The van der Waals surface area contributed by atoms with Crippen LogP contribution < -0.4 is 4.74 Å². The summed E-state index contributed by atoms with van der Waals surface area (Å²) in [6, 6.07) is 11.0. The third-order valence-corrected chi connectivity index (χ3v) is 3.09. The molecule has 0 saturated heterocycles. The summed E-state index contributed by atoms with van der Waals surface area (Å²) < 4.78 is 24.1. The Morgan fingerprint density at radius 1 is 1.17 bits per heavy atom. The molecule has 0 aliphatic rings. The number of benzene rings is 2. The number of halogens is 1. The van der Waals surface area contributed by atoms with E-state index in [2.05, 4.69) is 6.58 Å². The summed E-state index contributed by atoms with van der Waals surface area (Å²) in [5.41, 5.74) is 1.10. The first-order valence-corrected chi connectivity index (χ1v) is 7.11. The van der Waals surface area contributed by atoms with E-state index in [1.165, 1.54) is 12.1 Å². The molecule has 2 aromatic rings. The Morgan fingerprint density at radius 2 is 1.91 bits per heavy atom. The molecule has 0 aliphatic carbocycles. The zero-order chi connectivity index (χ0) is 16.7. The molecule has 0 amide bonds. The summed E-state index contributed by atoms with van der Waals surface area (Å²) in [6.07, 6.45) is 1.68. The number of carbonyl (C=O) groups is 1. The topological polar surface area (TPSA) is 55.8 Å². The molecule has 0 saturated carbocycles. The SMILES string of the molecule is C=CC(=O)OCCCOc1ccc(-c2ccc(O)cc2F)cc1.